The number of benzene rings is 1. The Morgan fingerprint density at radius 3 is 2.30 bits per heavy atom. The second kappa shape index (κ2) is 8.52. The number of rotatable bonds is 6. The molecule has 0 spiro atoms. The van der Waals surface area contributed by atoms with E-state index >= 15 is 0 Å². The number of hydrogen-bond acceptors (Lipinski definition) is 6. The number of nitrogens with one attached hydrogen (secondary N) is 2. The SMILES string of the molecule is COC(=O)C[C@H](NC(=O)c1ccccc1NC(C)=O)C(=O)OC. The Kier molecular flexibility index (Phi) is 6.72. The summed E-state index contributed by atoms with van der Waals surface area (Å²) in [6.07, 6.45) is -0.364. The third kappa shape index (κ3) is 5.42. The van der Waals surface area contributed by atoms with Gasteiger partial charge in [0, 0.05) is 6.92 Å². The molecule has 0 aliphatic carbocycles. The lowest BCUT2D eigenvalue weighted by molar-refractivity contribution is -0.149. The molecule has 2 amide bonds. The fraction of sp³-hybridized carbons (Fsp3) is 0.333. The Morgan fingerprint density at radius 1 is 1.09 bits per heavy atom. The second-order valence-corrected chi connectivity index (χ2v) is 4.56. The molecule has 0 aromatic heterocycles. The molecule has 8 nitrogen and oxygen atoms in total. The number of ether oxygens (including phenoxy) is 2. The maximum atomic E-state index is 12.3. The summed E-state index contributed by atoms with van der Waals surface area (Å²) in [5, 5.41) is 4.91. The first-order valence-corrected chi connectivity index (χ1v) is 6.71. The van der Waals surface area contributed by atoms with Gasteiger partial charge in [0.15, 0.2) is 0 Å². The van der Waals surface area contributed by atoms with E-state index in [9.17, 15) is 19.2 Å². The van der Waals surface area contributed by atoms with E-state index in [0.29, 0.717) is 5.69 Å². The van der Waals surface area contributed by atoms with Gasteiger partial charge >= 0.3 is 11.9 Å². The first kappa shape index (κ1) is 18.1. The van der Waals surface area contributed by atoms with Crippen molar-refractivity contribution in [2.75, 3.05) is 19.5 Å². The van der Waals surface area contributed by atoms with Gasteiger partial charge in [-0.05, 0) is 12.1 Å². The predicted octanol–water partition coefficient (Wildman–Crippen LogP) is 0.479. The zero-order valence-corrected chi connectivity index (χ0v) is 13.0. The number of amides is 2. The highest BCUT2D eigenvalue weighted by Crippen LogP contribution is 2.15. The number of esters is 2. The lowest BCUT2D eigenvalue weighted by atomic mass is 10.1. The third-order valence-electron chi connectivity index (χ3n) is 2.87. The topological polar surface area (TPSA) is 111 Å². The van der Waals surface area contributed by atoms with Crippen molar-refractivity contribution < 1.29 is 28.7 Å². The molecule has 23 heavy (non-hydrogen) atoms. The molecule has 0 radical (unpaired) electrons. The molecule has 0 aliphatic heterocycles. The van der Waals surface area contributed by atoms with Crippen molar-refractivity contribution in [1.82, 2.24) is 5.32 Å². The lowest BCUT2D eigenvalue weighted by Crippen LogP contribution is -2.43. The van der Waals surface area contributed by atoms with Crippen molar-refractivity contribution >= 4 is 29.4 Å². The summed E-state index contributed by atoms with van der Waals surface area (Å²) in [5.74, 6) is -2.42. The van der Waals surface area contributed by atoms with E-state index in [2.05, 4.69) is 20.1 Å². The van der Waals surface area contributed by atoms with Crippen LogP contribution in [0.5, 0.6) is 0 Å². The van der Waals surface area contributed by atoms with Crippen LogP contribution in [-0.2, 0) is 23.9 Å². The molecule has 124 valence electrons. The smallest absolute Gasteiger partial charge is 0.328 e. The standard InChI is InChI=1S/C15H18N2O6/c1-9(18)16-11-7-5-4-6-10(11)14(20)17-12(15(21)23-3)8-13(19)22-2/h4-7,12H,8H2,1-3H3,(H,16,18)(H,17,20)/t12-/m0/s1. The number of anilines is 1. The summed E-state index contributed by atoms with van der Waals surface area (Å²) in [6.45, 7) is 1.31. The van der Waals surface area contributed by atoms with Crippen LogP contribution in [0.2, 0.25) is 0 Å². The zero-order chi connectivity index (χ0) is 17.4. The zero-order valence-electron chi connectivity index (χ0n) is 13.0. The average molecular weight is 322 g/mol. The summed E-state index contributed by atoms with van der Waals surface area (Å²) in [5.41, 5.74) is 0.445. The van der Waals surface area contributed by atoms with Gasteiger partial charge in [-0.25, -0.2) is 4.79 Å². The first-order chi connectivity index (χ1) is 10.9. The van der Waals surface area contributed by atoms with E-state index in [-0.39, 0.29) is 17.9 Å². The average Bonchev–Trinajstić information content (AvgIpc) is 2.53. The van der Waals surface area contributed by atoms with E-state index in [1.807, 2.05) is 0 Å². The number of para-hydroxylation sites is 1. The minimum atomic E-state index is -1.19. The highest BCUT2D eigenvalue weighted by Gasteiger charge is 2.26. The van der Waals surface area contributed by atoms with Crippen molar-refractivity contribution in [3.8, 4) is 0 Å². The van der Waals surface area contributed by atoms with Crippen LogP contribution in [0.4, 0.5) is 5.69 Å². The van der Waals surface area contributed by atoms with Crippen molar-refractivity contribution in [2.24, 2.45) is 0 Å². The van der Waals surface area contributed by atoms with Crippen molar-refractivity contribution in [1.29, 1.82) is 0 Å². The van der Waals surface area contributed by atoms with Crippen LogP contribution >= 0.6 is 0 Å². The summed E-state index contributed by atoms with van der Waals surface area (Å²) < 4.78 is 9.04. The van der Waals surface area contributed by atoms with Crippen LogP contribution < -0.4 is 10.6 Å². The highest BCUT2D eigenvalue weighted by molar-refractivity contribution is 6.04. The Balaban J connectivity index is 2.96. The summed E-state index contributed by atoms with van der Waals surface area (Å²) in [6, 6.07) is 5.09. The maximum absolute atomic E-state index is 12.3. The maximum Gasteiger partial charge on any atom is 0.328 e. The minimum absolute atomic E-state index is 0.154. The molecule has 2 N–H and O–H groups in total. The van der Waals surface area contributed by atoms with Crippen LogP contribution in [0.3, 0.4) is 0 Å². The predicted molar refractivity (Wildman–Crippen MR) is 80.6 cm³/mol. The van der Waals surface area contributed by atoms with Crippen molar-refractivity contribution in [3.05, 3.63) is 29.8 Å². The molecule has 1 aromatic rings. The summed E-state index contributed by atoms with van der Waals surface area (Å²) >= 11 is 0. The molecular weight excluding hydrogens is 304 g/mol. The number of hydrogen-bond donors (Lipinski definition) is 2. The summed E-state index contributed by atoms with van der Waals surface area (Å²) in [4.78, 5) is 46.5. The molecule has 0 heterocycles. The Hall–Kier alpha value is -2.90. The van der Waals surface area contributed by atoms with Gasteiger partial charge < -0.3 is 20.1 Å². The van der Waals surface area contributed by atoms with Gasteiger partial charge in [-0.3, -0.25) is 14.4 Å². The van der Waals surface area contributed by atoms with E-state index in [4.69, 9.17) is 0 Å². The molecule has 0 saturated heterocycles. The number of carbonyl (C=O) groups excluding carboxylic acids is 4. The van der Waals surface area contributed by atoms with Gasteiger partial charge in [0.2, 0.25) is 5.91 Å². The van der Waals surface area contributed by atoms with Crippen molar-refractivity contribution in [2.45, 2.75) is 19.4 Å². The van der Waals surface area contributed by atoms with Gasteiger partial charge in [0.05, 0.1) is 31.9 Å². The summed E-state index contributed by atoms with van der Waals surface area (Å²) in [7, 11) is 2.31. The molecule has 0 bridgehead atoms. The molecule has 0 unspecified atom stereocenters. The molecule has 1 aromatic carbocycles. The van der Waals surface area contributed by atoms with E-state index in [0.717, 1.165) is 7.11 Å². The van der Waals surface area contributed by atoms with Crippen LogP contribution in [0.1, 0.15) is 23.7 Å². The Bertz CT molecular complexity index is 614. The lowest BCUT2D eigenvalue weighted by Gasteiger charge is -2.16. The van der Waals surface area contributed by atoms with E-state index in [1.165, 1.54) is 20.1 Å². The Morgan fingerprint density at radius 2 is 1.74 bits per heavy atom. The molecule has 1 atom stereocenters. The van der Waals surface area contributed by atoms with Gasteiger partial charge in [0.25, 0.3) is 5.91 Å². The minimum Gasteiger partial charge on any atom is -0.469 e. The monoisotopic (exact) mass is 322 g/mol. The van der Waals surface area contributed by atoms with Crippen LogP contribution in [0, 0.1) is 0 Å². The van der Waals surface area contributed by atoms with Crippen LogP contribution in [0.15, 0.2) is 24.3 Å². The second-order valence-electron chi connectivity index (χ2n) is 4.56. The molecular formula is C15H18N2O6. The van der Waals surface area contributed by atoms with Crippen LogP contribution in [0.25, 0.3) is 0 Å². The molecule has 8 heteroatoms. The van der Waals surface area contributed by atoms with Gasteiger partial charge in [-0.15, -0.1) is 0 Å². The fourth-order valence-corrected chi connectivity index (χ4v) is 1.80. The fourth-order valence-electron chi connectivity index (χ4n) is 1.80. The van der Waals surface area contributed by atoms with Gasteiger partial charge in [0.1, 0.15) is 6.04 Å². The first-order valence-electron chi connectivity index (χ1n) is 6.71. The van der Waals surface area contributed by atoms with Gasteiger partial charge in [-0.1, -0.05) is 12.1 Å². The molecule has 0 saturated carbocycles. The quantitative estimate of drug-likeness (QED) is 0.737. The highest BCUT2D eigenvalue weighted by atomic mass is 16.5. The van der Waals surface area contributed by atoms with Crippen molar-refractivity contribution in [3.63, 3.8) is 0 Å². The largest absolute Gasteiger partial charge is 0.469 e. The number of carbonyl (C=O) groups is 4. The third-order valence-corrected chi connectivity index (χ3v) is 2.87. The molecule has 1 rings (SSSR count). The molecule has 0 aliphatic rings. The normalized spacial score (nSPS) is 11.1. The van der Waals surface area contributed by atoms with E-state index < -0.39 is 23.9 Å². The van der Waals surface area contributed by atoms with Crippen LogP contribution in [-0.4, -0.2) is 44.0 Å². The Labute approximate surface area is 133 Å². The molecule has 0 fully saturated rings. The van der Waals surface area contributed by atoms with E-state index in [1.54, 1.807) is 18.2 Å². The number of methoxy groups -OCH3 is 2. The van der Waals surface area contributed by atoms with Gasteiger partial charge in [-0.2, -0.15) is 0 Å².